The van der Waals surface area contributed by atoms with Crippen LogP contribution in [-0.4, -0.2) is 29.0 Å². The average Bonchev–Trinajstić information content (AvgIpc) is 3.29. The first-order valence-electron chi connectivity index (χ1n) is 11.4. The van der Waals surface area contributed by atoms with Crippen LogP contribution >= 0.6 is 0 Å². The van der Waals surface area contributed by atoms with Crippen LogP contribution in [0.5, 0.6) is 5.75 Å². The van der Waals surface area contributed by atoms with Gasteiger partial charge in [0.05, 0.1) is 12.2 Å². The van der Waals surface area contributed by atoms with E-state index < -0.39 is 23.7 Å². The van der Waals surface area contributed by atoms with Crippen molar-refractivity contribution in [1.29, 1.82) is 0 Å². The molecule has 1 fully saturated rings. The molecule has 0 radical (unpaired) electrons. The predicted octanol–water partition coefficient (Wildman–Crippen LogP) is 4.89. The van der Waals surface area contributed by atoms with Gasteiger partial charge in [-0.3, -0.25) is 14.9 Å². The van der Waals surface area contributed by atoms with Crippen molar-refractivity contribution in [2.24, 2.45) is 0 Å². The van der Waals surface area contributed by atoms with Crippen molar-refractivity contribution in [3.8, 4) is 5.75 Å². The van der Waals surface area contributed by atoms with Gasteiger partial charge in [-0.15, -0.1) is 0 Å². The number of nitrogens with zero attached hydrogens (tertiary/aromatic N) is 2. The average molecular weight is 476 g/mol. The van der Waals surface area contributed by atoms with Gasteiger partial charge in [0.25, 0.3) is 11.8 Å². The fourth-order valence-corrected chi connectivity index (χ4v) is 3.78. The van der Waals surface area contributed by atoms with E-state index in [4.69, 9.17) is 4.74 Å². The van der Waals surface area contributed by atoms with Crippen molar-refractivity contribution in [3.63, 3.8) is 0 Å². The van der Waals surface area contributed by atoms with Crippen molar-refractivity contribution in [3.05, 3.63) is 89.5 Å². The molecular formula is C27H26FN3O4. The van der Waals surface area contributed by atoms with Gasteiger partial charge in [-0.05, 0) is 72.5 Å². The minimum atomic E-state index is -0.883. The number of carbonyl (C=O) groups is 3. The van der Waals surface area contributed by atoms with Crippen molar-refractivity contribution in [1.82, 2.24) is 9.88 Å². The molecule has 8 heteroatoms. The zero-order chi connectivity index (χ0) is 24.9. The summed E-state index contributed by atoms with van der Waals surface area (Å²) in [5.41, 5.74) is 1.83. The van der Waals surface area contributed by atoms with Gasteiger partial charge in [0.1, 0.15) is 23.7 Å². The van der Waals surface area contributed by atoms with Crippen molar-refractivity contribution < 1.29 is 23.5 Å². The van der Waals surface area contributed by atoms with Crippen LogP contribution in [0, 0.1) is 5.82 Å². The molecule has 7 nitrogen and oxygen atoms in total. The Morgan fingerprint density at radius 3 is 2.43 bits per heavy atom. The number of rotatable bonds is 8. The first-order valence-corrected chi connectivity index (χ1v) is 11.4. The van der Waals surface area contributed by atoms with Crippen LogP contribution in [0.3, 0.4) is 0 Å². The van der Waals surface area contributed by atoms with Crippen LogP contribution < -0.4 is 15.0 Å². The Balaban J connectivity index is 1.47. The normalized spacial score (nSPS) is 15.9. The highest BCUT2D eigenvalue weighted by atomic mass is 19.1. The Morgan fingerprint density at radius 2 is 1.74 bits per heavy atom. The highest BCUT2D eigenvalue weighted by molar-refractivity contribution is 6.39. The van der Waals surface area contributed by atoms with E-state index in [0.717, 1.165) is 29.2 Å². The molecule has 0 saturated carbocycles. The Bertz CT molecular complexity index is 1260. The minimum Gasteiger partial charge on any atom is -0.492 e. The molecule has 180 valence electrons. The van der Waals surface area contributed by atoms with Gasteiger partial charge < -0.3 is 9.30 Å². The first kappa shape index (κ1) is 23.9. The lowest BCUT2D eigenvalue weighted by Gasteiger charge is -2.26. The van der Waals surface area contributed by atoms with Crippen molar-refractivity contribution >= 4 is 29.6 Å². The largest absolute Gasteiger partial charge is 0.492 e. The molecule has 0 spiro atoms. The molecule has 4 amide bonds. The molecule has 2 aromatic carbocycles. The monoisotopic (exact) mass is 475 g/mol. The van der Waals surface area contributed by atoms with E-state index in [1.54, 1.807) is 12.1 Å². The van der Waals surface area contributed by atoms with Crippen molar-refractivity contribution in [2.45, 2.75) is 32.7 Å². The second-order valence-electron chi connectivity index (χ2n) is 8.29. The SMILES string of the molecule is CC[C@@H](C)c1ccc(OCCn2cccc2/C=C2\C(=O)NC(=O)N(c3ccc(F)cc3)C2=O)cc1. The standard InChI is InChI=1S/C27H26FN3O4/c1-3-18(2)19-6-12-23(13-7-19)35-16-15-30-14-4-5-22(30)17-24-25(32)29-27(34)31(26(24)33)21-10-8-20(28)9-11-21/h4-14,17-18H,3,15-16H2,1-2H3,(H,29,32,34)/b24-17+/t18-/m1/s1. The zero-order valence-electron chi connectivity index (χ0n) is 19.5. The quantitative estimate of drug-likeness (QED) is 0.372. The fraction of sp³-hybridized carbons (Fsp3) is 0.222. The number of aromatic nitrogens is 1. The molecule has 0 bridgehead atoms. The number of imide groups is 2. The third-order valence-corrected chi connectivity index (χ3v) is 6.01. The van der Waals surface area contributed by atoms with Gasteiger partial charge >= 0.3 is 6.03 Å². The summed E-state index contributed by atoms with van der Waals surface area (Å²) >= 11 is 0. The Hall–Kier alpha value is -4.20. The minimum absolute atomic E-state index is 0.162. The number of benzene rings is 2. The number of hydrogen-bond donors (Lipinski definition) is 1. The third-order valence-electron chi connectivity index (χ3n) is 6.01. The van der Waals surface area contributed by atoms with Gasteiger partial charge in [0, 0.05) is 11.9 Å². The highest BCUT2D eigenvalue weighted by Crippen LogP contribution is 2.23. The number of halogens is 1. The van der Waals surface area contributed by atoms with Crippen LogP contribution in [0.15, 0.2) is 72.4 Å². The first-order chi connectivity index (χ1) is 16.9. The number of urea groups is 1. The lowest BCUT2D eigenvalue weighted by Crippen LogP contribution is -2.54. The van der Waals surface area contributed by atoms with Crippen LogP contribution in [0.2, 0.25) is 0 Å². The van der Waals surface area contributed by atoms with Crippen LogP contribution in [0.1, 0.15) is 37.4 Å². The molecule has 35 heavy (non-hydrogen) atoms. The second-order valence-corrected chi connectivity index (χ2v) is 8.29. The smallest absolute Gasteiger partial charge is 0.335 e. The molecule has 1 saturated heterocycles. The van der Waals surface area contributed by atoms with Crippen LogP contribution in [0.4, 0.5) is 14.9 Å². The maximum Gasteiger partial charge on any atom is 0.335 e. The number of anilines is 1. The maximum atomic E-state index is 13.3. The highest BCUT2D eigenvalue weighted by Gasteiger charge is 2.37. The van der Waals surface area contributed by atoms with E-state index in [9.17, 15) is 18.8 Å². The molecule has 0 aliphatic carbocycles. The predicted molar refractivity (Wildman–Crippen MR) is 130 cm³/mol. The molecule has 1 N–H and O–H groups in total. The Kier molecular flexibility index (Phi) is 7.10. The molecular weight excluding hydrogens is 449 g/mol. The number of nitrogens with one attached hydrogen (secondary N) is 1. The van der Waals surface area contributed by atoms with Crippen molar-refractivity contribution in [2.75, 3.05) is 11.5 Å². The summed E-state index contributed by atoms with van der Waals surface area (Å²) in [6.45, 7) is 5.20. The molecule has 1 aliphatic rings. The summed E-state index contributed by atoms with van der Waals surface area (Å²) in [7, 11) is 0. The number of ether oxygens (including phenoxy) is 1. The summed E-state index contributed by atoms with van der Waals surface area (Å²) in [6, 6.07) is 15.6. The van der Waals surface area contributed by atoms with E-state index >= 15 is 0 Å². The van der Waals surface area contributed by atoms with Gasteiger partial charge in [-0.1, -0.05) is 26.0 Å². The van der Waals surface area contributed by atoms with Crippen LogP contribution in [-0.2, 0) is 16.1 Å². The van der Waals surface area contributed by atoms with Gasteiger partial charge in [-0.25, -0.2) is 14.1 Å². The Morgan fingerprint density at radius 1 is 1.03 bits per heavy atom. The molecule has 1 aromatic heterocycles. The zero-order valence-corrected chi connectivity index (χ0v) is 19.5. The summed E-state index contributed by atoms with van der Waals surface area (Å²) < 4.78 is 21.0. The van der Waals surface area contributed by atoms with E-state index in [1.807, 2.05) is 22.9 Å². The third kappa shape index (κ3) is 5.32. The Labute approximate surface area is 202 Å². The van der Waals surface area contributed by atoms with E-state index in [0.29, 0.717) is 24.8 Å². The van der Waals surface area contributed by atoms with E-state index in [2.05, 4.69) is 31.3 Å². The van der Waals surface area contributed by atoms with Crippen LogP contribution in [0.25, 0.3) is 6.08 Å². The molecule has 3 aromatic rings. The maximum absolute atomic E-state index is 13.3. The summed E-state index contributed by atoms with van der Waals surface area (Å²) in [5, 5.41) is 2.17. The second kappa shape index (κ2) is 10.4. The number of amides is 4. The molecule has 1 atom stereocenters. The lowest BCUT2D eigenvalue weighted by molar-refractivity contribution is -0.122. The van der Waals surface area contributed by atoms with E-state index in [1.165, 1.54) is 23.8 Å². The topological polar surface area (TPSA) is 80.6 Å². The number of hydrogen-bond acceptors (Lipinski definition) is 4. The van der Waals surface area contributed by atoms with E-state index in [-0.39, 0.29) is 11.3 Å². The van der Waals surface area contributed by atoms with Gasteiger partial charge in [0.2, 0.25) is 0 Å². The summed E-state index contributed by atoms with van der Waals surface area (Å²) in [6.07, 6.45) is 4.32. The number of barbiturate groups is 1. The number of carbonyl (C=O) groups excluding carboxylic acids is 3. The molecule has 1 aliphatic heterocycles. The van der Waals surface area contributed by atoms with Gasteiger partial charge in [-0.2, -0.15) is 0 Å². The summed E-state index contributed by atoms with van der Waals surface area (Å²) in [5.74, 6) is -0.815. The fourth-order valence-electron chi connectivity index (χ4n) is 3.78. The molecule has 0 unspecified atom stereocenters. The molecule has 2 heterocycles. The van der Waals surface area contributed by atoms with Gasteiger partial charge in [0.15, 0.2) is 0 Å². The lowest BCUT2D eigenvalue weighted by atomic mass is 9.99. The summed E-state index contributed by atoms with van der Waals surface area (Å²) in [4.78, 5) is 38.6. The molecule has 4 rings (SSSR count).